The molecule has 0 aliphatic carbocycles. The summed E-state index contributed by atoms with van der Waals surface area (Å²) in [5.74, 6) is 0.278. The van der Waals surface area contributed by atoms with Crippen LogP contribution in [0.25, 0.3) is 16.9 Å². The van der Waals surface area contributed by atoms with Crippen LogP contribution in [0.15, 0.2) is 48.8 Å². The normalized spacial score (nSPS) is 16.4. The average Bonchev–Trinajstić information content (AvgIpc) is 3.48. The average molecular weight is 392 g/mol. The molecule has 29 heavy (non-hydrogen) atoms. The van der Waals surface area contributed by atoms with Crippen LogP contribution in [0.5, 0.6) is 0 Å². The number of halogens is 1. The van der Waals surface area contributed by atoms with E-state index in [9.17, 15) is 9.18 Å². The molecule has 9 nitrogen and oxygen atoms in total. The molecule has 5 rings (SSSR count). The number of nitrogens with zero attached hydrogens (tertiary/aromatic N) is 6. The van der Waals surface area contributed by atoms with E-state index in [0.29, 0.717) is 23.6 Å². The van der Waals surface area contributed by atoms with Gasteiger partial charge in [0.15, 0.2) is 5.65 Å². The molecule has 1 saturated heterocycles. The summed E-state index contributed by atoms with van der Waals surface area (Å²) >= 11 is 0. The van der Waals surface area contributed by atoms with Gasteiger partial charge in [-0.15, -0.1) is 15.3 Å². The topological polar surface area (TPSA) is 104 Å². The summed E-state index contributed by atoms with van der Waals surface area (Å²) in [5, 5.41) is 22.2. The summed E-state index contributed by atoms with van der Waals surface area (Å²) in [6.45, 7) is 1.45. The fraction of sp³-hybridized carbons (Fsp3) is 0.211. The Hall–Kier alpha value is -3.82. The van der Waals surface area contributed by atoms with Crippen molar-refractivity contribution in [1.29, 1.82) is 0 Å². The van der Waals surface area contributed by atoms with Crippen LogP contribution in [-0.2, 0) is 0 Å². The van der Waals surface area contributed by atoms with Crippen LogP contribution in [0.1, 0.15) is 16.9 Å². The fourth-order valence-electron chi connectivity index (χ4n) is 3.44. The molecule has 1 aliphatic rings. The third-order valence-corrected chi connectivity index (χ3v) is 4.96. The van der Waals surface area contributed by atoms with Gasteiger partial charge in [-0.1, -0.05) is 0 Å². The van der Waals surface area contributed by atoms with Crippen LogP contribution in [0.2, 0.25) is 0 Å². The van der Waals surface area contributed by atoms with E-state index < -0.39 is 0 Å². The van der Waals surface area contributed by atoms with E-state index in [1.807, 2.05) is 12.1 Å². The molecular formula is C19H17FN8O. The molecule has 0 saturated carbocycles. The lowest BCUT2D eigenvalue weighted by Gasteiger charge is -2.17. The van der Waals surface area contributed by atoms with Crippen LogP contribution in [-0.4, -0.2) is 55.0 Å². The first-order chi connectivity index (χ1) is 14.2. The van der Waals surface area contributed by atoms with Crippen molar-refractivity contribution in [3.8, 4) is 11.3 Å². The molecule has 1 aliphatic heterocycles. The summed E-state index contributed by atoms with van der Waals surface area (Å²) in [4.78, 5) is 14.7. The molecule has 4 heterocycles. The zero-order chi connectivity index (χ0) is 19.8. The molecule has 1 amide bonds. The van der Waals surface area contributed by atoms with E-state index in [1.54, 1.807) is 29.0 Å². The van der Waals surface area contributed by atoms with E-state index in [4.69, 9.17) is 0 Å². The number of rotatable bonds is 4. The molecule has 3 aromatic heterocycles. The van der Waals surface area contributed by atoms with E-state index in [-0.39, 0.29) is 17.8 Å². The maximum Gasteiger partial charge on any atom is 0.269 e. The van der Waals surface area contributed by atoms with Gasteiger partial charge in [-0.05, 0) is 48.9 Å². The van der Waals surface area contributed by atoms with Crippen molar-refractivity contribution in [3.63, 3.8) is 0 Å². The summed E-state index contributed by atoms with van der Waals surface area (Å²) < 4.78 is 14.7. The molecule has 1 atom stereocenters. The lowest BCUT2D eigenvalue weighted by molar-refractivity contribution is 0.0935. The number of aromatic amines is 1. The molecule has 1 fully saturated rings. The summed E-state index contributed by atoms with van der Waals surface area (Å²) in [7, 11) is 0. The Labute approximate surface area is 164 Å². The maximum absolute atomic E-state index is 13.1. The summed E-state index contributed by atoms with van der Waals surface area (Å²) in [6.07, 6.45) is 2.37. The van der Waals surface area contributed by atoms with Gasteiger partial charge in [0.05, 0.1) is 5.69 Å². The van der Waals surface area contributed by atoms with Gasteiger partial charge in [0.2, 0.25) is 0 Å². The molecular weight excluding hydrogens is 375 g/mol. The van der Waals surface area contributed by atoms with Crippen molar-refractivity contribution >= 4 is 17.4 Å². The van der Waals surface area contributed by atoms with Crippen molar-refractivity contribution in [2.24, 2.45) is 0 Å². The van der Waals surface area contributed by atoms with E-state index in [1.165, 1.54) is 12.1 Å². The molecule has 0 unspecified atom stereocenters. The van der Waals surface area contributed by atoms with Crippen LogP contribution in [0, 0.1) is 5.82 Å². The number of hydrogen-bond acceptors (Lipinski definition) is 6. The van der Waals surface area contributed by atoms with E-state index in [2.05, 4.69) is 35.7 Å². The van der Waals surface area contributed by atoms with Gasteiger partial charge in [-0.2, -0.15) is 9.61 Å². The number of hydrogen-bond donors (Lipinski definition) is 2. The van der Waals surface area contributed by atoms with Gasteiger partial charge in [0, 0.05) is 24.7 Å². The molecule has 2 N–H and O–H groups in total. The molecule has 0 spiro atoms. The van der Waals surface area contributed by atoms with Crippen molar-refractivity contribution in [2.45, 2.75) is 12.5 Å². The number of aromatic nitrogens is 6. The van der Waals surface area contributed by atoms with Crippen molar-refractivity contribution in [1.82, 2.24) is 35.3 Å². The second-order valence-corrected chi connectivity index (χ2v) is 6.90. The molecule has 4 aromatic rings. The zero-order valence-corrected chi connectivity index (χ0v) is 15.3. The number of fused-ring (bicyclic) bond motifs is 1. The van der Waals surface area contributed by atoms with Crippen LogP contribution in [0.4, 0.5) is 10.2 Å². The van der Waals surface area contributed by atoms with E-state index in [0.717, 1.165) is 24.3 Å². The minimum absolute atomic E-state index is 0.00141. The highest BCUT2D eigenvalue weighted by molar-refractivity contribution is 5.93. The number of nitrogens with one attached hydrogen (secondary N) is 2. The first-order valence-corrected chi connectivity index (χ1v) is 9.20. The smallest absolute Gasteiger partial charge is 0.269 e. The van der Waals surface area contributed by atoms with Gasteiger partial charge in [-0.25, -0.2) is 4.39 Å². The van der Waals surface area contributed by atoms with Gasteiger partial charge in [-0.3, -0.25) is 9.89 Å². The highest BCUT2D eigenvalue weighted by Gasteiger charge is 2.26. The number of amides is 1. The highest BCUT2D eigenvalue weighted by atomic mass is 19.1. The Morgan fingerprint density at radius 2 is 2.07 bits per heavy atom. The molecule has 146 valence electrons. The first kappa shape index (κ1) is 17.3. The van der Waals surface area contributed by atoms with Gasteiger partial charge >= 0.3 is 0 Å². The quantitative estimate of drug-likeness (QED) is 0.547. The third kappa shape index (κ3) is 3.40. The van der Waals surface area contributed by atoms with Crippen LogP contribution in [0.3, 0.4) is 0 Å². The minimum atomic E-state index is -0.314. The van der Waals surface area contributed by atoms with E-state index >= 15 is 0 Å². The number of anilines is 1. The lowest BCUT2D eigenvalue weighted by atomic mass is 10.1. The number of H-pyrrole nitrogens is 1. The van der Waals surface area contributed by atoms with Gasteiger partial charge < -0.3 is 10.2 Å². The SMILES string of the molecule is O=C(N[C@@H]1CCN(c2ccc3nncn3n2)C1)c1cc(-c2ccc(F)cc2)n[nH]1. The second kappa shape index (κ2) is 6.97. The molecule has 1 aromatic carbocycles. The monoisotopic (exact) mass is 392 g/mol. The molecule has 10 heteroatoms. The predicted molar refractivity (Wildman–Crippen MR) is 103 cm³/mol. The van der Waals surface area contributed by atoms with Crippen LogP contribution < -0.4 is 10.2 Å². The van der Waals surface area contributed by atoms with Crippen LogP contribution >= 0.6 is 0 Å². The van der Waals surface area contributed by atoms with Crippen molar-refractivity contribution < 1.29 is 9.18 Å². The molecule has 0 bridgehead atoms. The number of carbonyl (C=O) groups excluding carboxylic acids is 1. The van der Waals surface area contributed by atoms with Crippen molar-refractivity contribution in [2.75, 3.05) is 18.0 Å². The fourth-order valence-corrected chi connectivity index (χ4v) is 3.44. The Kier molecular flexibility index (Phi) is 4.15. The zero-order valence-electron chi connectivity index (χ0n) is 15.3. The molecule has 0 radical (unpaired) electrons. The lowest BCUT2D eigenvalue weighted by Crippen LogP contribution is -2.37. The Bertz CT molecular complexity index is 1170. The second-order valence-electron chi connectivity index (χ2n) is 6.90. The number of carbonyl (C=O) groups is 1. The Morgan fingerprint density at radius 3 is 2.93 bits per heavy atom. The van der Waals surface area contributed by atoms with Gasteiger partial charge in [0.1, 0.15) is 23.7 Å². The third-order valence-electron chi connectivity index (χ3n) is 4.96. The standard InChI is InChI=1S/C19H17FN8O/c20-13-3-1-12(2-4-13)15-9-16(24-23-15)19(29)22-14-7-8-27(10-14)18-6-5-17-25-21-11-28(17)26-18/h1-6,9,11,14H,7-8,10H2,(H,22,29)(H,23,24)/t14-/m1/s1. The minimum Gasteiger partial charge on any atom is -0.353 e. The Balaban J connectivity index is 1.24. The number of benzene rings is 1. The Morgan fingerprint density at radius 1 is 1.21 bits per heavy atom. The largest absolute Gasteiger partial charge is 0.353 e. The first-order valence-electron chi connectivity index (χ1n) is 9.20. The summed E-state index contributed by atoms with van der Waals surface area (Å²) in [6, 6.07) is 11.4. The van der Waals surface area contributed by atoms with Crippen molar-refractivity contribution in [3.05, 3.63) is 60.3 Å². The highest BCUT2D eigenvalue weighted by Crippen LogP contribution is 2.20. The predicted octanol–water partition coefficient (Wildman–Crippen LogP) is 1.66. The maximum atomic E-state index is 13.1. The summed E-state index contributed by atoms with van der Waals surface area (Å²) in [5.41, 5.74) is 2.39. The van der Waals surface area contributed by atoms with Gasteiger partial charge in [0.25, 0.3) is 5.91 Å².